The highest BCUT2D eigenvalue weighted by molar-refractivity contribution is 9.10. The van der Waals surface area contributed by atoms with Gasteiger partial charge in [0.1, 0.15) is 5.75 Å². The van der Waals surface area contributed by atoms with Crippen LogP contribution < -0.4 is 10.5 Å². The van der Waals surface area contributed by atoms with Crippen molar-refractivity contribution in [2.75, 3.05) is 13.7 Å². The Morgan fingerprint density at radius 2 is 2.00 bits per heavy atom. The normalized spacial score (nSPS) is 12.7. The van der Waals surface area contributed by atoms with Gasteiger partial charge in [-0.15, -0.1) is 0 Å². The van der Waals surface area contributed by atoms with Gasteiger partial charge < -0.3 is 10.5 Å². The Bertz CT molecular complexity index is 363. The van der Waals surface area contributed by atoms with E-state index in [0.717, 1.165) is 15.8 Å². The molecule has 1 atom stereocenters. The van der Waals surface area contributed by atoms with Crippen molar-refractivity contribution >= 4 is 15.9 Å². The van der Waals surface area contributed by atoms with Gasteiger partial charge in [-0.25, -0.2) is 0 Å². The zero-order valence-electron chi connectivity index (χ0n) is 9.73. The Kier molecular flexibility index (Phi) is 4.17. The van der Waals surface area contributed by atoms with Crippen LogP contribution >= 0.6 is 15.9 Å². The molecule has 2 N–H and O–H groups in total. The summed E-state index contributed by atoms with van der Waals surface area (Å²) in [5.74, 6) is 1.25. The summed E-state index contributed by atoms with van der Waals surface area (Å²) < 4.78 is 6.56. The van der Waals surface area contributed by atoms with E-state index in [2.05, 4.69) is 42.8 Å². The molecule has 0 radical (unpaired) electrons. The molecule has 0 aliphatic rings. The minimum atomic E-state index is 0.299. The average molecular weight is 272 g/mol. The van der Waals surface area contributed by atoms with Crippen molar-refractivity contribution in [2.45, 2.75) is 26.7 Å². The zero-order valence-corrected chi connectivity index (χ0v) is 11.3. The van der Waals surface area contributed by atoms with Crippen LogP contribution in [-0.4, -0.2) is 13.7 Å². The number of methoxy groups -OCH3 is 1. The van der Waals surface area contributed by atoms with Gasteiger partial charge >= 0.3 is 0 Å². The smallest absolute Gasteiger partial charge is 0.126 e. The van der Waals surface area contributed by atoms with Crippen molar-refractivity contribution in [2.24, 2.45) is 5.73 Å². The third-order valence-corrected chi connectivity index (χ3v) is 3.72. The molecule has 0 spiro atoms. The molecule has 1 aromatic rings. The van der Waals surface area contributed by atoms with E-state index in [0.29, 0.717) is 12.5 Å². The fraction of sp³-hybridized carbons (Fsp3) is 0.500. The molecule has 0 fully saturated rings. The molecule has 0 saturated heterocycles. The zero-order chi connectivity index (χ0) is 11.6. The summed E-state index contributed by atoms with van der Waals surface area (Å²) >= 11 is 3.61. The molecule has 0 bridgehead atoms. The van der Waals surface area contributed by atoms with Crippen LogP contribution in [0.15, 0.2) is 10.5 Å². The van der Waals surface area contributed by atoms with Crippen molar-refractivity contribution in [3.8, 4) is 5.75 Å². The second-order valence-electron chi connectivity index (χ2n) is 3.91. The molecule has 1 rings (SSSR count). The van der Waals surface area contributed by atoms with Crippen LogP contribution in [0.25, 0.3) is 0 Å². The first-order valence-corrected chi connectivity index (χ1v) is 5.85. The lowest BCUT2D eigenvalue weighted by molar-refractivity contribution is 0.403. The van der Waals surface area contributed by atoms with Gasteiger partial charge in [0, 0.05) is 10.0 Å². The third kappa shape index (κ3) is 2.34. The molecule has 3 heteroatoms. The number of hydrogen-bond donors (Lipinski definition) is 1. The summed E-state index contributed by atoms with van der Waals surface area (Å²) in [5.41, 5.74) is 9.28. The van der Waals surface area contributed by atoms with Crippen LogP contribution in [0, 0.1) is 13.8 Å². The molecule has 0 heterocycles. The Morgan fingerprint density at radius 1 is 1.40 bits per heavy atom. The number of benzene rings is 1. The Labute approximate surface area is 99.9 Å². The molecule has 0 saturated carbocycles. The predicted octanol–water partition coefficient (Wildman–Crippen LogP) is 3.14. The average Bonchev–Trinajstić information content (AvgIpc) is 2.21. The van der Waals surface area contributed by atoms with E-state index in [4.69, 9.17) is 10.5 Å². The number of rotatable bonds is 3. The number of nitrogens with two attached hydrogens (primary N) is 1. The maximum absolute atomic E-state index is 5.72. The largest absolute Gasteiger partial charge is 0.496 e. The van der Waals surface area contributed by atoms with Crippen molar-refractivity contribution in [3.63, 3.8) is 0 Å². The SMILES string of the molecule is COc1c(C)cc(C)c(Br)c1C(C)CN. The first-order chi connectivity index (χ1) is 7.02. The van der Waals surface area contributed by atoms with Crippen LogP contribution in [0.3, 0.4) is 0 Å². The van der Waals surface area contributed by atoms with E-state index in [1.807, 2.05) is 0 Å². The van der Waals surface area contributed by atoms with E-state index in [-0.39, 0.29) is 0 Å². The molecule has 1 unspecified atom stereocenters. The summed E-state index contributed by atoms with van der Waals surface area (Å²) in [5, 5.41) is 0. The fourth-order valence-electron chi connectivity index (χ4n) is 1.81. The van der Waals surface area contributed by atoms with Crippen molar-refractivity contribution < 1.29 is 4.74 Å². The second kappa shape index (κ2) is 4.99. The van der Waals surface area contributed by atoms with Crippen LogP contribution in [0.4, 0.5) is 0 Å². The van der Waals surface area contributed by atoms with Crippen LogP contribution in [-0.2, 0) is 0 Å². The maximum atomic E-state index is 5.72. The number of aryl methyl sites for hydroxylation is 2. The Balaban J connectivity index is 3.43. The van der Waals surface area contributed by atoms with Crippen molar-refractivity contribution in [3.05, 3.63) is 27.2 Å². The van der Waals surface area contributed by atoms with Crippen molar-refractivity contribution in [1.29, 1.82) is 0 Å². The minimum absolute atomic E-state index is 0.299. The number of halogens is 1. The molecule has 0 aliphatic carbocycles. The van der Waals surface area contributed by atoms with Gasteiger partial charge in [-0.2, -0.15) is 0 Å². The van der Waals surface area contributed by atoms with Gasteiger partial charge in [0.2, 0.25) is 0 Å². The van der Waals surface area contributed by atoms with E-state index in [1.54, 1.807) is 7.11 Å². The third-order valence-electron chi connectivity index (χ3n) is 2.67. The van der Waals surface area contributed by atoms with Gasteiger partial charge in [-0.05, 0) is 37.4 Å². The Morgan fingerprint density at radius 3 is 2.47 bits per heavy atom. The van der Waals surface area contributed by atoms with Gasteiger partial charge in [0.25, 0.3) is 0 Å². The quantitative estimate of drug-likeness (QED) is 0.917. The highest BCUT2D eigenvalue weighted by Gasteiger charge is 2.17. The highest BCUT2D eigenvalue weighted by atomic mass is 79.9. The standard InChI is InChI=1S/C12H18BrNO/c1-7-5-8(2)12(15-4)10(11(7)13)9(3)6-14/h5,9H,6,14H2,1-4H3. The van der Waals surface area contributed by atoms with E-state index in [1.165, 1.54) is 11.1 Å². The summed E-state index contributed by atoms with van der Waals surface area (Å²) in [6.07, 6.45) is 0. The Hall–Kier alpha value is -0.540. The van der Waals surface area contributed by atoms with Crippen LogP contribution in [0.5, 0.6) is 5.75 Å². The lowest BCUT2D eigenvalue weighted by Gasteiger charge is -2.19. The molecular weight excluding hydrogens is 254 g/mol. The van der Waals surface area contributed by atoms with Gasteiger partial charge in [0.15, 0.2) is 0 Å². The lowest BCUT2D eigenvalue weighted by atomic mass is 9.95. The molecule has 84 valence electrons. The van der Waals surface area contributed by atoms with Crippen LogP contribution in [0.2, 0.25) is 0 Å². The summed E-state index contributed by atoms with van der Waals surface area (Å²) in [4.78, 5) is 0. The van der Waals surface area contributed by atoms with Crippen LogP contribution in [0.1, 0.15) is 29.5 Å². The lowest BCUT2D eigenvalue weighted by Crippen LogP contribution is -2.12. The number of ether oxygens (including phenoxy) is 1. The summed E-state index contributed by atoms with van der Waals surface area (Å²) in [6, 6.07) is 2.12. The van der Waals surface area contributed by atoms with Gasteiger partial charge in [-0.3, -0.25) is 0 Å². The fourth-order valence-corrected chi connectivity index (χ4v) is 2.49. The molecule has 0 amide bonds. The minimum Gasteiger partial charge on any atom is -0.496 e. The molecule has 2 nitrogen and oxygen atoms in total. The van der Waals surface area contributed by atoms with E-state index < -0.39 is 0 Å². The maximum Gasteiger partial charge on any atom is 0.126 e. The summed E-state index contributed by atoms with van der Waals surface area (Å²) in [7, 11) is 1.71. The molecule has 15 heavy (non-hydrogen) atoms. The first kappa shape index (κ1) is 12.5. The monoisotopic (exact) mass is 271 g/mol. The summed E-state index contributed by atoms with van der Waals surface area (Å²) in [6.45, 7) is 6.88. The molecule has 0 aromatic heterocycles. The first-order valence-electron chi connectivity index (χ1n) is 5.06. The van der Waals surface area contributed by atoms with E-state index in [9.17, 15) is 0 Å². The molecule has 0 aliphatic heterocycles. The van der Waals surface area contributed by atoms with Crippen molar-refractivity contribution in [1.82, 2.24) is 0 Å². The molecule has 1 aromatic carbocycles. The molecular formula is C12H18BrNO. The second-order valence-corrected chi connectivity index (χ2v) is 4.70. The predicted molar refractivity (Wildman–Crippen MR) is 67.6 cm³/mol. The van der Waals surface area contributed by atoms with Gasteiger partial charge in [0.05, 0.1) is 7.11 Å². The number of hydrogen-bond acceptors (Lipinski definition) is 2. The highest BCUT2D eigenvalue weighted by Crippen LogP contribution is 2.37. The topological polar surface area (TPSA) is 35.2 Å². The van der Waals surface area contributed by atoms with Gasteiger partial charge in [-0.1, -0.05) is 28.9 Å². The van der Waals surface area contributed by atoms with E-state index >= 15 is 0 Å².